The van der Waals surface area contributed by atoms with E-state index >= 15 is 0 Å². The van der Waals surface area contributed by atoms with Crippen molar-refractivity contribution in [3.8, 4) is 0 Å². The van der Waals surface area contributed by atoms with Crippen LogP contribution in [0.1, 0.15) is 30.2 Å². The maximum atomic E-state index is 12.2. The van der Waals surface area contributed by atoms with Gasteiger partial charge in [0.1, 0.15) is 4.90 Å². The van der Waals surface area contributed by atoms with Gasteiger partial charge in [-0.05, 0) is 24.5 Å². The molecule has 0 fully saturated rings. The summed E-state index contributed by atoms with van der Waals surface area (Å²) in [6.07, 6.45) is 4.60. The minimum Gasteiger partial charge on any atom is -0.263 e. The second kappa shape index (κ2) is 5.26. The van der Waals surface area contributed by atoms with Crippen molar-refractivity contribution in [2.75, 3.05) is 4.72 Å². The van der Waals surface area contributed by atoms with Crippen LogP contribution < -0.4 is 4.72 Å². The molecule has 0 spiro atoms. The highest BCUT2D eigenvalue weighted by molar-refractivity contribution is 7.93. The van der Waals surface area contributed by atoms with Crippen molar-refractivity contribution in [2.45, 2.75) is 31.6 Å². The van der Waals surface area contributed by atoms with Crippen LogP contribution in [0.2, 0.25) is 0 Å². The average Bonchev–Trinajstić information content (AvgIpc) is 2.77. The van der Waals surface area contributed by atoms with Crippen LogP contribution in [-0.2, 0) is 10.0 Å². The summed E-state index contributed by atoms with van der Waals surface area (Å²) in [6, 6.07) is 1.66. The highest BCUT2D eigenvalue weighted by Crippen LogP contribution is 2.27. The third-order valence-corrected chi connectivity index (χ3v) is 5.41. The van der Waals surface area contributed by atoms with Crippen molar-refractivity contribution in [3.05, 3.63) is 35.1 Å². The predicted molar refractivity (Wildman–Crippen MR) is 76.0 cm³/mol. The van der Waals surface area contributed by atoms with Crippen molar-refractivity contribution >= 4 is 26.5 Å². The zero-order valence-electron chi connectivity index (χ0n) is 10.9. The monoisotopic (exact) mass is 297 g/mol. The molecule has 5 nitrogen and oxygen atoms in total. The fourth-order valence-electron chi connectivity index (χ4n) is 1.50. The van der Waals surface area contributed by atoms with E-state index in [0.717, 1.165) is 4.88 Å². The van der Waals surface area contributed by atoms with Gasteiger partial charge in [-0.25, -0.2) is 13.4 Å². The summed E-state index contributed by atoms with van der Waals surface area (Å²) in [6.45, 7) is 5.81. The van der Waals surface area contributed by atoms with Crippen LogP contribution in [0.5, 0.6) is 0 Å². The molecular weight excluding hydrogens is 282 g/mol. The molecule has 0 aromatic carbocycles. The van der Waals surface area contributed by atoms with E-state index in [9.17, 15) is 8.42 Å². The Balaban J connectivity index is 2.29. The zero-order chi connectivity index (χ0) is 14.0. The van der Waals surface area contributed by atoms with E-state index in [1.54, 1.807) is 25.4 Å². The Bertz CT molecular complexity index is 678. The SMILES string of the molecule is Cc1ccncc1S(=O)(=O)Nc1ncc(C(C)C)s1. The van der Waals surface area contributed by atoms with E-state index in [1.165, 1.54) is 17.5 Å². The van der Waals surface area contributed by atoms with Gasteiger partial charge < -0.3 is 0 Å². The Hall–Kier alpha value is -1.47. The number of hydrogen-bond acceptors (Lipinski definition) is 5. The van der Waals surface area contributed by atoms with Gasteiger partial charge in [0.2, 0.25) is 0 Å². The Kier molecular flexibility index (Phi) is 3.86. The van der Waals surface area contributed by atoms with Crippen molar-refractivity contribution in [1.29, 1.82) is 0 Å². The number of nitrogens with zero attached hydrogens (tertiary/aromatic N) is 2. The van der Waals surface area contributed by atoms with Crippen molar-refractivity contribution < 1.29 is 8.42 Å². The van der Waals surface area contributed by atoms with Gasteiger partial charge in [-0.1, -0.05) is 13.8 Å². The molecule has 2 aromatic rings. The molecule has 0 saturated carbocycles. The number of aromatic nitrogens is 2. The minimum absolute atomic E-state index is 0.177. The summed E-state index contributed by atoms with van der Waals surface area (Å²) in [7, 11) is -3.62. The first-order valence-corrected chi connectivity index (χ1v) is 8.09. The third kappa shape index (κ3) is 3.10. The highest BCUT2D eigenvalue weighted by Gasteiger charge is 2.19. The number of anilines is 1. The zero-order valence-corrected chi connectivity index (χ0v) is 12.5. The van der Waals surface area contributed by atoms with E-state index in [1.807, 2.05) is 13.8 Å². The van der Waals surface area contributed by atoms with E-state index < -0.39 is 10.0 Å². The van der Waals surface area contributed by atoms with Crippen molar-refractivity contribution in [2.24, 2.45) is 0 Å². The molecule has 2 rings (SSSR count). The lowest BCUT2D eigenvalue weighted by Gasteiger charge is -2.07. The first-order chi connectivity index (χ1) is 8.90. The van der Waals surface area contributed by atoms with Crippen LogP contribution in [0, 0.1) is 6.92 Å². The molecule has 102 valence electrons. The summed E-state index contributed by atoms with van der Waals surface area (Å²) in [4.78, 5) is 9.16. The van der Waals surface area contributed by atoms with E-state index in [4.69, 9.17) is 0 Å². The number of aryl methyl sites for hydroxylation is 1. The lowest BCUT2D eigenvalue weighted by atomic mass is 10.2. The van der Waals surface area contributed by atoms with Gasteiger partial charge in [-0.2, -0.15) is 0 Å². The number of hydrogen-bond donors (Lipinski definition) is 1. The van der Waals surface area contributed by atoms with Gasteiger partial charge in [-0.15, -0.1) is 11.3 Å². The van der Waals surface area contributed by atoms with Crippen LogP contribution in [0.3, 0.4) is 0 Å². The molecule has 0 bridgehead atoms. The van der Waals surface area contributed by atoms with E-state index in [-0.39, 0.29) is 4.90 Å². The molecule has 0 aliphatic carbocycles. The molecule has 0 unspecified atom stereocenters. The normalized spacial score (nSPS) is 11.8. The van der Waals surface area contributed by atoms with Crippen LogP contribution in [0.15, 0.2) is 29.6 Å². The molecule has 0 aliphatic heterocycles. The predicted octanol–water partition coefficient (Wildman–Crippen LogP) is 2.77. The average molecular weight is 297 g/mol. The standard InChI is InChI=1S/C12H15N3O2S2/c1-8(2)10-6-14-12(18-10)15-19(16,17)11-7-13-5-4-9(11)3/h4-8H,1-3H3,(H,14,15). The lowest BCUT2D eigenvalue weighted by Crippen LogP contribution is -2.14. The van der Waals surface area contributed by atoms with Gasteiger partial charge in [0.25, 0.3) is 10.0 Å². The third-order valence-electron chi connectivity index (χ3n) is 2.59. The largest absolute Gasteiger partial charge is 0.265 e. The summed E-state index contributed by atoms with van der Waals surface area (Å²) in [5.41, 5.74) is 0.656. The second-order valence-electron chi connectivity index (χ2n) is 4.47. The Morgan fingerprint density at radius 1 is 1.32 bits per heavy atom. The van der Waals surface area contributed by atoms with Crippen molar-refractivity contribution in [3.63, 3.8) is 0 Å². The number of rotatable bonds is 4. The molecule has 0 aliphatic rings. The smallest absolute Gasteiger partial charge is 0.263 e. The first-order valence-electron chi connectivity index (χ1n) is 5.79. The van der Waals surface area contributed by atoms with E-state index in [0.29, 0.717) is 16.6 Å². The number of thiazole rings is 1. The summed E-state index contributed by atoms with van der Waals surface area (Å²) in [5, 5.41) is 0.381. The van der Waals surface area contributed by atoms with Gasteiger partial charge in [0.15, 0.2) is 5.13 Å². The fraction of sp³-hybridized carbons (Fsp3) is 0.333. The minimum atomic E-state index is -3.62. The molecule has 2 aromatic heterocycles. The summed E-state index contributed by atoms with van der Waals surface area (Å²) < 4.78 is 26.9. The number of pyridine rings is 1. The maximum absolute atomic E-state index is 12.2. The Morgan fingerprint density at radius 2 is 2.05 bits per heavy atom. The van der Waals surface area contributed by atoms with Crippen molar-refractivity contribution in [1.82, 2.24) is 9.97 Å². The second-order valence-corrected chi connectivity index (χ2v) is 7.18. The molecule has 1 N–H and O–H groups in total. The van der Waals surface area contributed by atoms with E-state index in [2.05, 4.69) is 14.7 Å². The van der Waals surface area contributed by atoms with Gasteiger partial charge in [0.05, 0.1) is 0 Å². The molecule has 0 atom stereocenters. The summed E-state index contributed by atoms with van der Waals surface area (Å²) in [5.74, 6) is 0.330. The topological polar surface area (TPSA) is 72.0 Å². The Labute approximate surface area is 116 Å². The van der Waals surface area contributed by atoms with Crippen LogP contribution in [-0.4, -0.2) is 18.4 Å². The molecule has 0 saturated heterocycles. The van der Waals surface area contributed by atoms with Gasteiger partial charge in [0, 0.05) is 23.5 Å². The van der Waals surface area contributed by atoms with Crippen LogP contribution in [0.25, 0.3) is 0 Å². The van der Waals surface area contributed by atoms with Gasteiger partial charge >= 0.3 is 0 Å². The first kappa shape index (κ1) is 14.0. The molecular formula is C12H15N3O2S2. The number of nitrogens with one attached hydrogen (secondary N) is 1. The van der Waals surface area contributed by atoms with Crippen LogP contribution >= 0.6 is 11.3 Å². The highest BCUT2D eigenvalue weighted by atomic mass is 32.2. The van der Waals surface area contributed by atoms with Gasteiger partial charge in [-0.3, -0.25) is 9.71 Å². The molecule has 2 heterocycles. The molecule has 7 heteroatoms. The maximum Gasteiger partial charge on any atom is 0.265 e. The molecule has 0 amide bonds. The van der Waals surface area contributed by atoms with Crippen LogP contribution in [0.4, 0.5) is 5.13 Å². The fourth-order valence-corrected chi connectivity index (χ4v) is 3.75. The quantitative estimate of drug-likeness (QED) is 0.942. The number of sulfonamides is 1. The lowest BCUT2D eigenvalue weighted by molar-refractivity contribution is 0.600. The Morgan fingerprint density at radius 3 is 2.63 bits per heavy atom. The molecule has 19 heavy (non-hydrogen) atoms. The summed E-state index contributed by atoms with van der Waals surface area (Å²) >= 11 is 1.35. The molecule has 0 radical (unpaired) electrons.